The number of ether oxygens (including phenoxy) is 1. The zero-order valence-corrected chi connectivity index (χ0v) is 10.5. The van der Waals surface area contributed by atoms with Gasteiger partial charge in [-0.2, -0.15) is 0 Å². The van der Waals surface area contributed by atoms with Crippen LogP contribution in [0.4, 0.5) is 0 Å². The molecule has 1 aromatic rings. The molecule has 15 heavy (non-hydrogen) atoms. The molecule has 0 amide bonds. The quantitative estimate of drug-likeness (QED) is 0.776. The van der Waals surface area contributed by atoms with Crippen LogP contribution in [-0.2, 0) is 4.79 Å². The van der Waals surface area contributed by atoms with Gasteiger partial charge in [0.05, 0.1) is 5.02 Å². The van der Waals surface area contributed by atoms with Gasteiger partial charge in [0.2, 0.25) is 0 Å². The van der Waals surface area contributed by atoms with Crippen LogP contribution in [-0.4, -0.2) is 10.8 Å². The largest absolute Gasteiger partial charge is 0.477 e. The van der Waals surface area contributed by atoms with E-state index in [0.29, 0.717) is 15.8 Å². The number of hydrogen-bond donors (Lipinski definition) is 0. The predicted octanol–water partition coefficient (Wildman–Crippen LogP) is 3.92. The van der Waals surface area contributed by atoms with Gasteiger partial charge in [0.1, 0.15) is 5.75 Å². The second-order valence-corrected chi connectivity index (χ2v) is 4.65. The van der Waals surface area contributed by atoms with Gasteiger partial charge in [0, 0.05) is 5.02 Å². The fraction of sp³-hybridized carbons (Fsp3) is 0.300. The number of hydrogen-bond acceptors (Lipinski definition) is 2. The maximum atomic E-state index is 11.0. The first-order valence-electron chi connectivity index (χ1n) is 4.17. The summed E-state index contributed by atoms with van der Waals surface area (Å²) >= 11 is 17.0. The van der Waals surface area contributed by atoms with Crippen molar-refractivity contribution in [2.45, 2.75) is 19.4 Å². The molecule has 0 aromatic heterocycles. The van der Waals surface area contributed by atoms with Crippen LogP contribution in [0, 0.1) is 0 Å². The molecule has 0 fully saturated rings. The molecule has 0 saturated heterocycles. The Hall–Kier alpha value is -0.440. The van der Waals surface area contributed by atoms with E-state index < -0.39 is 10.8 Å². The summed E-state index contributed by atoms with van der Waals surface area (Å²) in [5.74, 6) is 0.375. The second kappa shape index (κ2) is 4.60. The van der Waals surface area contributed by atoms with Crippen molar-refractivity contribution >= 4 is 40.0 Å². The van der Waals surface area contributed by atoms with Crippen LogP contribution in [0.2, 0.25) is 10.0 Å². The SMILES string of the molecule is CC(C)(Oc1ccc(Cl)cc1Cl)C(=O)Cl. The number of rotatable bonds is 3. The highest BCUT2D eigenvalue weighted by atomic mass is 35.5. The van der Waals surface area contributed by atoms with E-state index in [1.807, 2.05) is 0 Å². The predicted molar refractivity (Wildman–Crippen MR) is 62.0 cm³/mol. The van der Waals surface area contributed by atoms with Gasteiger partial charge in [0.15, 0.2) is 5.60 Å². The van der Waals surface area contributed by atoms with Crippen LogP contribution in [0.3, 0.4) is 0 Å². The van der Waals surface area contributed by atoms with Crippen molar-refractivity contribution in [3.05, 3.63) is 28.2 Å². The van der Waals surface area contributed by atoms with E-state index in [9.17, 15) is 4.79 Å². The monoisotopic (exact) mass is 266 g/mol. The zero-order chi connectivity index (χ0) is 11.6. The molecule has 0 radical (unpaired) electrons. The van der Waals surface area contributed by atoms with Crippen molar-refractivity contribution < 1.29 is 9.53 Å². The molecule has 0 spiro atoms. The minimum absolute atomic E-state index is 0.341. The van der Waals surface area contributed by atoms with E-state index in [2.05, 4.69) is 0 Å². The molecule has 0 aliphatic heterocycles. The van der Waals surface area contributed by atoms with Gasteiger partial charge in [-0.05, 0) is 43.6 Å². The number of benzene rings is 1. The lowest BCUT2D eigenvalue weighted by molar-refractivity contribution is -0.123. The van der Waals surface area contributed by atoms with Crippen LogP contribution in [0.15, 0.2) is 18.2 Å². The van der Waals surface area contributed by atoms with Crippen molar-refractivity contribution in [1.29, 1.82) is 0 Å². The third-order valence-electron chi connectivity index (χ3n) is 1.73. The fourth-order valence-corrected chi connectivity index (χ4v) is 1.36. The van der Waals surface area contributed by atoms with E-state index in [1.54, 1.807) is 26.0 Å². The number of carbonyl (C=O) groups is 1. The van der Waals surface area contributed by atoms with E-state index in [4.69, 9.17) is 39.5 Å². The molecule has 0 bridgehead atoms. The summed E-state index contributed by atoms with van der Waals surface area (Å²) in [5, 5.41) is 0.254. The van der Waals surface area contributed by atoms with Gasteiger partial charge < -0.3 is 4.74 Å². The Kier molecular flexibility index (Phi) is 3.87. The van der Waals surface area contributed by atoms with Gasteiger partial charge in [-0.15, -0.1) is 0 Å². The lowest BCUT2D eigenvalue weighted by Crippen LogP contribution is -2.34. The molecule has 0 atom stereocenters. The third kappa shape index (κ3) is 3.26. The Labute approximate surface area is 103 Å². The molecular weight excluding hydrogens is 258 g/mol. The summed E-state index contributed by atoms with van der Waals surface area (Å²) in [6, 6.07) is 4.75. The normalized spacial score (nSPS) is 11.3. The van der Waals surface area contributed by atoms with Crippen molar-refractivity contribution in [1.82, 2.24) is 0 Å². The summed E-state index contributed by atoms with van der Waals surface area (Å²) in [6.07, 6.45) is 0. The van der Waals surface area contributed by atoms with Gasteiger partial charge >= 0.3 is 0 Å². The van der Waals surface area contributed by atoms with E-state index in [0.717, 1.165) is 0 Å². The molecule has 0 saturated carbocycles. The van der Waals surface area contributed by atoms with Gasteiger partial charge in [-0.1, -0.05) is 23.2 Å². The standard InChI is InChI=1S/C10H9Cl3O2/c1-10(2,9(13)14)15-8-4-3-6(11)5-7(8)12/h3-5H,1-2H3. The minimum Gasteiger partial charge on any atom is -0.477 e. The third-order valence-corrected chi connectivity index (χ3v) is 2.72. The van der Waals surface area contributed by atoms with Crippen molar-refractivity contribution in [2.24, 2.45) is 0 Å². The molecule has 0 aliphatic rings. The molecule has 0 unspecified atom stereocenters. The van der Waals surface area contributed by atoms with Crippen LogP contribution in [0.25, 0.3) is 0 Å². The molecule has 0 N–H and O–H groups in total. The Morgan fingerprint density at radius 1 is 1.33 bits per heavy atom. The Morgan fingerprint density at radius 3 is 2.40 bits per heavy atom. The molecule has 5 heteroatoms. The molecule has 1 aromatic carbocycles. The van der Waals surface area contributed by atoms with Gasteiger partial charge in [-0.25, -0.2) is 0 Å². The summed E-state index contributed by atoms with van der Waals surface area (Å²) in [7, 11) is 0. The Balaban J connectivity index is 2.95. The van der Waals surface area contributed by atoms with E-state index >= 15 is 0 Å². The minimum atomic E-state index is -1.11. The Morgan fingerprint density at radius 2 is 1.93 bits per heavy atom. The van der Waals surface area contributed by atoms with E-state index in [1.165, 1.54) is 6.07 Å². The smallest absolute Gasteiger partial charge is 0.264 e. The molecule has 0 aliphatic carbocycles. The molecule has 82 valence electrons. The van der Waals surface area contributed by atoms with Crippen LogP contribution in [0.1, 0.15) is 13.8 Å². The maximum Gasteiger partial charge on any atom is 0.264 e. The molecule has 1 rings (SSSR count). The highest BCUT2D eigenvalue weighted by Gasteiger charge is 2.28. The number of carbonyl (C=O) groups excluding carboxylic acids is 1. The first-order chi connectivity index (χ1) is 6.83. The second-order valence-electron chi connectivity index (χ2n) is 3.46. The lowest BCUT2D eigenvalue weighted by atomic mass is 10.1. The highest BCUT2D eigenvalue weighted by molar-refractivity contribution is 6.65. The average molecular weight is 268 g/mol. The summed E-state index contributed by atoms with van der Waals surface area (Å²) < 4.78 is 5.38. The topological polar surface area (TPSA) is 26.3 Å². The molecule has 2 nitrogen and oxygen atoms in total. The fourth-order valence-electron chi connectivity index (χ4n) is 0.873. The van der Waals surface area contributed by atoms with Gasteiger partial charge in [-0.3, -0.25) is 4.79 Å². The van der Waals surface area contributed by atoms with Crippen molar-refractivity contribution in [3.8, 4) is 5.75 Å². The van der Waals surface area contributed by atoms with E-state index in [-0.39, 0.29) is 0 Å². The van der Waals surface area contributed by atoms with Crippen LogP contribution >= 0.6 is 34.8 Å². The first-order valence-corrected chi connectivity index (χ1v) is 5.30. The number of halogens is 3. The highest BCUT2D eigenvalue weighted by Crippen LogP contribution is 2.30. The molecule has 0 heterocycles. The maximum absolute atomic E-state index is 11.0. The summed E-state index contributed by atoms with van der Waals surface area (Å²) in [4.78, 5) is 11.0. The summed E-state index contributed by atoms with van der Waals surface area (Å²) in [5.41, 5.74) is -1.11. The lowest BCUT2D eigenvalue weighted by Gasteiger charge is -2.22. The average Bonchev–Trinajstić information content (AvgIpc) is 2.09. The van der Waals surface area contributed by atoms with Crippen molar-refractivity contribution in [3.63, 3.8) is 0 Å². The van der Waals surface area contributed by atoms with Crippen molar-refractivity contribution in [2.75, 3.05) is 0 Å². The van der Waals surface area contributed by atoms with Crippen LogP contribution < -0.4 is 4.74 Å². The molecular formula is C10H9Cl3O2. The Bertz CT molecular complexity index is 388. The summed E-state index contributed by atoms with van der Waals surface area (Å²) in [6.45, 7) is 3.13. The van der Waals surface area contributed by atoms with Crippen LogP contribution in [0.5, 0.6) is 5.75 Å². The van der Waals surface area contributed by atoms with Gasteiger partial charge in [0.25, 0.3) is 5.24 Å². The zero-order valence-electron chi connectivity index (χ0n) is 8.18. The first kappa shape index (κ1) is 12.6.